The highest BCUT2D eigenvalue weighted by Gasteiger charge is 2.11. The second kappa shape index (κ2) is 8.55. The zero-order chi connectivity index (χ0) is 18.2. The van der Waals surface area contributed by atoms with Crippen molar-refractivity contribution in [2.24, 2.45) is 0 Å². The number of ether oxygens (including phenoxy) is 2. The Bertz CT molecular complexity index is 818. The van der Waals surface area contributed by atoms with Crippen LogP contribution in [0.3, 0.4) is 0 Å². The molecule has 0 bridgehead atoms. The van der Waals surface area contributed by atoms with Gasteiger partial charge in [0.05, 0.1) is 19.8 Å². The number of nitrogens with zero attached hydrogens (tertiary/aromatic N) is 1. The second-order valence-corrected chi connectivity index (χ2v) is 5.24. The highest BCUT2D eigenvalue weighted by atomic mass is 16.5. The van der Waals surface area contributed by atoms with E-state index in [1.807, 2.05) is 37.3 Å². The Morgan fingerprint density at radius 3 is 2.40 bits per heavy atom. The minimum Gasteiger partial charge on any atom is -0.493 e. The Labute approximate surface area is 147 Å². The number of amides is 1. The van der Waals surface area contributed by atoms with Gasteiger partial charge in [-0.2, -0.15) is 5.26 Å². The van der Waals surface area contributed by atoms with Crippen LogP contribution in [0, 0.1) is 11.3 Å². The fraction of sp³-hybridized carbons (Fsp3) is 0.200. The van der Waals surface area contributed by atoms with Gasteiger partial charge < -0.3 is 14.8 Å². The summed E-state index contributed by atoms with van der Waals surface area (Å²) in [6, 6.07) is 15.0. The lowest BCUT2D eigenvalue weighted by Gasteiger charge is -2.13. The number of benzene rings is 2. The number of allylic oxidation sites excluding steroid dienone is 1. The van der Waals surface area contributed by atoms with Crippen molar-refractivity contribution in [3.8, 4) is 17.6 Å². The van der Waals surface area contributed by atoms with E-state index >= 15 is 0 Å². The molecule has 0 atom stereocenters. The molecule has 0 unspecified atom stereocenters. The summed E-state index contributed by atoms with van der Waals surface area (Å²) in [4.78, 5) is 11.1. The van der Waals surface area contributed by atoms with E-state index in [4.69, 9.17) is 14.7 Å². The molecule has 0 radical (unpaired) electrons. The van der Waals surface area contributed by atoms with Crippen LogP contribution in [0.5, 0.6) is 11.5 Å². The van der Waals surface area contributed by atoms with Crippen molar-refractivity contribution in [2.45, 2.75) is 13.8 Å². The first-order valence-electron chi connectivity index (χ1n) is 7.88. The van der Waals surface area contributed by atoms with Gasteiger partial charge in [0.25, 0.3) is 0 Å². The maximum atomic E-state index is 11.1. The zero-order valence-electron chi connectivity index (χ0n) is 14.5. The number of carbonyl (C=O) groups is 1. The standard InChI is InChI=1S/C20H20N2O3/c1-4-25-20-13-16(7-10-19(20)24-3)18(11-12-21)15-5-8-17(9-6-15)22-14(2)23/h5-11,13H,4H2,1-3H3,(H,22,23)/b18-11+. The van der Waals surface area contributed by atoms with E-state index in [1.54, 1.807) is 19.2 Å². The normalized spacial score (nSPS) is 10.7. The fourth-order valence-electron chi connectivity index (χ4n) is 2.45. The molecule has 0 spiro atoms. The molecule has 5 heteroatoms. The minimum atomic E-state index is -0.128. The van der Waals surface area contributed by atoms with Gasteiger partial charge in [0.1, 0.15) is 0 Å². The quantitative estimate of drug-likeness (QED) is 0.809. The molecule has 0 fully saturated rings. The minimum absolute atomic E-state index is 0.128. The molecule has 0 aliphatic heterocycles. The molecule has 5 nitrogen and oxygen atoms in total. The van der Waals surface area contributed by atoms with Gasteiger partial charge in [0.15, 0.2) is 11.5 Å². The summed E-state index contributed by atoms with van der Waals surface area (Å²) in [5.74, 6) is 1.14. The number of nitriles is 1. The van der Waals surface area contributed by atoms with E-state index in [-0.39, 0.29) is 5.91 Å². The van der Waals surface area contributed by atoms with Crippen molar-refractivity contribution in [1.29, 1.82) is 5.26 Å². The average Bonchev–Trinajstić information content (AvgIpc) is 2.60. The van der Waals surface area contributed by atoms with Gasteiger partial charge in [-0.05, 0) is 47.9 Å². The van der Waals surface area contributed by atoms with Crippen LogP contribution < -0.4 is 14.8 Å². The summed E-state index contributed by atoms with van der Waals surface area (Å²) in [5.41, 5.74) is 3.18. The van der Waals surface area contributed by atoms with Crippen LogP contribution in [-0.4, -0.2) is 19.6 Å². The molecule has 0 saturated heterocycles. The molecule has 2 aromatic carbocycles. The van der Waals surface area contributed by atoms with Gasteiger partial charge >= 0.3 is 0 Å². The molecule has 0 aliphatic carbocycles. The molecular formula is C20H20N2O3. The number of anilines is 1. The molecule has 128 valence electrons. The van der Waals surface area contributed by atoms with Gasteiger partial charge in [0, 0.05) is 18.7 Å². The predicted molar refractivity (Wildman–Crippen MR) is 97.6 cm³/mol. The zero-order valence-corrected chi connectivity index (χ0v) is 14.5. The highest BCUT2D eigenvalue weighted by molar-refractivity contribution is 5.89. The maximum absolute atomic E-state index is 11.1. The third-order valence-corrected chi connectivity index (χ3v) is 3.50. The van der Waals surface area contributed by atoms with Gasteiger partial charge in [-0.3, -0.25) is 4.79 Å². The lowest BCUT2D eigenvalue weighted by atomic mass is 9.97. The lowest BCUT2D eigenvalue weighted by molar-refractivity contribution is -0.114. The number of methoxy groups -OCH3 is 1. The highest BCUT2D eigenvalue weighted by Crippen LogP contribution is 2.33. The Balaban J connectivity index is 2.42. The van der Waals surface area contributed by atoms with Gasteiger partial charge in [0.2, 0.25) is 5.91 Å². The van der Waals surface area contributed by atoms with Crippen LogP contribution >= 0.6 is 0 Å². The summed E-state index contributed by atoms with van der Waals surface area (Å²) in [5, 5.41) is 11.9. The van der Waals surface area contributed by atoms with Gasteiger partial charge in [-0.15, -0.1) is 0 Å². The number of hydrogen-bond donors (Lipinski definition) is 1. The van der Waals surface area contributed by atoms with Gasteiger partial charge in [-0.25, -0.2) is 0 Å². The van der Waals surface area contributed by atoms with E-state index in [0.717, 1.165) is 16.7 Å². The average molecular weight is 336 g/mol. The Kier molecular flexibility index (Phi) is 6.19. The smallest absolute Gasteiger partial charge is 0.221 e. The van der Waals surface area contributed by atoms with Crippen molar-refractivity contribution in [2.75, 3.05) is 19.0 Å². The van der Waals surface area contributed by atoms with Crippen molar-refractivity contribution in [3.63, 3.8) is 0 Å². The molecule has 0 heterocycles. The lowest BCUT2D eigenvalue weighted by Crippen LogP contribution is -2.05. The number of rotatable bonds is 6. The first-order valence-corrected chi connectivity index (χ1v) is 7.88. The topological polar surface area (TPSA) is 71.3 Å². The summed E-state index contributed by atoms with van der Waals surface area (Å²) >= 11 is 0. The van der Waals surface area contributed by atoms with Crippen molar-refractivity contribution < 1.29 is 14.3 Å². The Morgan fingerprint density at radius 1 is 1.16 bits per heavy atom. The number of carbonyl (C=O) groups excluding carboxylic acids is 1. The van der Waals surface area contributed by atoms with Crippen LogP contribution in [0.4, 0.5) is 5.69 Å². The molecule has 1 amide bonds. The van der Waals surface area contributed by atoms with E-state index < -0.39 is 0 Å². The second-order valence-electron chi connectivity index (χ2n) is 5.24. The van der Waals surface area contributed by atoms with Crippen LogP contribution in [0.25, 0.3) is 5.57 Å². The van der Waals surface area contributed by atoms with Crippen molar-refractivity contribution in [1.82, 2.24) is 0 Å². The number of nitrogens with one attached hydrogen (secondary N) is 1. The predicted octanol–water partition coefficient (Wildman–Crippen LogP) is 4.01. The van der Waals surface area contributed by atoms with Crippen molar-refractivity contribution >= 4 is 17.2 Å². The first-order chi connectivity index (χ1) is 12.1. The summed E-state index contributed by atoms with van der Waals surface area (Å²) in [6.07, 6.45) is 1.49. The molecule has 2 rings (SSSR count). The molecule has 25 heavy (non-hydrogen) atoms. The van der Waals surface area contributed by atoms with Crippen LogP contribution in [0.2, 0.25) is 0 Å². The molecule has 0 aliphatic rings. The molecule has 0 saturated carbocycles. The van der Waals surface area contributed by atoms with E-state index in [2.05, 4.69) is 11.4 Å². The van der Waals surface area contributed by atoms with Crippen molar-refractivity contribution in [3.05, 3.63) is 59.7 Å². The summed E-state index contributed by atoms with van der Waals surface area (Å²) < 4.78 is 10.9. The third-order valence-electron chi connectivity index (χ3n) is 3.50. The maximum Gasteiger partial charge on any atom is 0.221 e. The van der Waals surface area contributed by atoms with Crippen LogP contribution in [0.15, 0.2) is 48.5 Å². The number of hydrogen-bond acceptors (Lipinski definition) is 4. The largest absolute Gasteiger partial charge is 0.493 e. The fourth-order valence-corrected chi connectivity index (χ4v) is 2.45. The third kappa shape index (κ3) is 4.61. The molecule has 0 aromatic heterocycles. The molecular weight excluding hydrogens is 316 g/mol. The molecule has 2 aromatic rings. The summed E-state index contributed by atoms with van der Waals surface area (Å²) in [6.45, 7) is 3.88. The van der Waals surface area contributed by atoms with Crippen LogP contribution in [0.1, 0.15) is 25.0 Å². The first kappa shape index (κ1) is 18.1. The SMILES string of the molecule is CCOc1cc(/C(=C/C#N)c2ccc(NC(C)=O)cc2)ccc1OC. The van der Waals surface area contributed by atoms with E-state index in [9.17, 15) is 4.79 Å². The van der Waals surface area contributed by atoms with Gasteiger partial charge in [-0.1, -0.05) is 18.2 Å². The molecule has 1 N–H and O–H groups in total. The Hall–Kier alpha value is -3.26. The monoisotopic (exact) mass is 336 g/mol. The Morgan fingerprint density at radius 2 is 1.84 bits per heavy atom. The van der Waals surface area contributed by atoms with Crippen LogP contribution in [-0.2, 0) is 4.79 Å². The summed E-state index contributed by atoms with van der Waals surface area (Å²) in [7, 11) is 1.59. The van der Waals surface area contributed by atoms with E-state index in [1.165, 1.54) is 13.0 Å². The van der Waals surface area contributed by atoms with E-state index in [0.29, 0.717) is 23.8 Å².